The fourth-order valence-corrected chi connectivity index (χ4v) is 5.53. The Morgan fingerprint density at radius 1 is 0.467 bits per heavy atom. The lowest BCUT2D eigenvalue weighted by atomic mass is 9.99. The van der Waals surface area contributed by atoms with E-state index in [-0.39, 0.29) is 77.2 Å². The van der Waals surface area contributed by atoms with E-state index in [9.17, 15) is 1.37 Å². The first-order chi connectivity index (χ1) is 29.8. The third kappa shape index (κ3) is 3.55. The van der Waals surface area contributed by atoms with Gasteiger partial charge in [-0.1, -0.05) is 96.7 Å². The van der Waals surface area contributed by atoms with Gasteiger partial charge in [-0.3, -0.25) is 0 Å². The molecule has 0 saturated carbocycles. The molecular weight excluding hydrogens is 556 g/mol. The summed E-state index contributed by atoms with van der Waals surface area (Å²) in [5.74, 6) is 0. The van der Waals surface area contributed by atoms with Crippen molar-refractivity contribution in [2.45, 2.75) is 0 Å². The van der Waals surface area contributed by atoms with Gasteiger partial charge >= 0.3 is 0 Å². The zero-order valence-corrected chi connectivity index (χ0v) is 22.4. The fourth-order valence-electron chi connectivity index (χ4n) is 5.53. The highest BCUT2D eigenvalue weighted by atomic mass is 16.3. The van der Waals surface area contributed by atoms with Gasteiger partial charge in [0.2, 0.25) is 0 Å². The monoisotopic (exact) mass is 596 g/mol. The predicted molar refractivity (Wildman–Crippen MR) is 180 cm³/mol. The minimum atomic E-state index is -0.737. The van der Waals surface area contributed by atoms with Crippen molar-refractivity contribution in [1.29, 1.82) is 0 Å². The summed E-state index contributed by atoms with van der Waals surface area (Å²) >= 11 is 0. The van der Waals surface area contributed by atoms with Gasteiger partial charge in [0, 0.05) is 43.6 Å². The van der Waals surface area contributed by atoms with Crippen molar-refractivity contribution in [2.24, 2.45) is 0 Å². The SMILES string of the molecule is [2H]c1c([2H])c(-c2ncnc3c2oc2ccc(-c4c([2H])c([2H])c([2H])c5c4oc4c([2H])c([2H])c([2H])c([2H])c45)cc23)c([2H])c(-c2c([2H])c([2H])c([2H])c3c2oc2c([2H])c([2H])c([2H])c([2H])c23)c1[2H]. The van der Waals surface area contributed by atoms with Crippen molar-refractivity contribution in [3.05, 3.63) is 133 Å². The number of furan rings is 3. The molecular formula is C40H22N2O3. The Morgan fingerprint density at radius 2 is 1.07 bits per heavy atom. The lowest BCUT2D eigenvalue weighted by Crippen LogP contribution is -1.88. The maximum atomic E-state index is 9.47. The molecule has 0 fully saturated rings. The number of nitrogens with zero attached hydrogens (tertiary/aromatic N) is 2. The number of para-hydroxylation sites is 4. The largest absolute Gasteiger partial charge is 0.455 e. The third-order valence-electron chi connectivity index (χ3n) is 7.52. The van der Waals surface area contributed by atoms with Gasteiger partial charge in [-0.05, 0) is 41.4 Å². The quantitative estimate of drug-likeness (QED) is 0.203. The van der Waals surface area contributed by atoms with Crippen LogP contribution in [0.4, 0.5) is 0 Å². The van der Waals surface area contributed by atoms with Crippen LogP contribution >= 0.6 is 0 Å². The molecule has 0 bridgehead atoms. The van der Waals surface area contributed by atoms with E-state index < -0.39 is 131 Å². The summed E-state index contributed by atoms with van der Waals surface area (Å²) in [5, 5.41) is -0.457. The Kier molecular flexibility index (Phi) is 2.60. The zero-order chi connectivity index (χ0) is 45.1. The van der Waals surface area contributed by atoms with Gasteiger partial charge in [-0.2, -0.15) is 0 Å². The van der Waals surface area contributed by atoms with Crippen LogP contribution in [0.5, 0.6) is 0 Å². The number of fused-ring (bicyclic) bond motifs is 9. The number of hydrogen-bond acceptors (Lipinski definition) is 5. The maximum absolute atomic E-state index is 9.47. The molecule has 0 atom stereocenters. The van der Waals surface area contributed by atoms with Gasteiger partial charge in [0.25, 0.3) is 0 Å². The van der Waals surface area contributed by atoms with Crippen LogP contribution in [0.2, 0.25) is 0 Å². The number of rotatable bonds is 3. The summed E-state index contributed by atoms with van der Waals surface area (Å²) in [6.45, 7) is 0. The van der Waals surface area contributed by atoms with Crippen LogP contribution < -0.4 is 0 Å². The molecule has 0 saturated heterocycles. The van der Waals surface area contributed by atoms with Crippen molar-refractivity contribution >= 4 is 65.9 Å². The van der Waals surface area contributed by atoms with Gasteiger partial charge in [-0.25, -0.2) is 9.97 Å². The second-order valence-electron chi connectivity index (χ2n) is 9.98. The van der Waals surface area contributed by atoms with E-state index in [1.165, 1.54) is 18.2 Å². The second-order valence-corrected chi connectivity index (χ2v) is 9.98. The Hall–Kier alpha value is -6.20. The molecule has 0 unspecified atom stereocenters. The smallest absolute Gasteiger partial charge is 0.180 e. The van der Waals surface area contributed by atoms with Crippen LogP contribution in [0.25, 0.3) is 99.5 Å². The molecule has 0 radical (unpaired) electrons. The standard InChI is InChI=1S/C40H22N2O3/c1-3-16-33-28(10-1)30-14-6-12-26(38(30)43-33)23-8-5-9-25(20-23)36-40-37(42-22-41-36)32-21-24(18-19-35(32)45-40)27-13-7-15-31-29-11-2-4-17-34(29)44-39(27)31/h1-22H/i1D,2D,3D,4D,5D,6D,7D,8D,9D,10D,11D,12D,13D,14D,15D,16D,17D,20D. The van der Waals surface area contributed by atoms with Crippen molar-refractivity contribution in [1.82, 2.24) is 9.97 Å². The van der Waals surface area contributed by atoms with Gasteiger partial charge in [0.15, 0.2) is 5.58 Å². The molecule has 0 amide bonds. The van der Waals surface area contributed by atoms with E-state index in [0.717, 1.165) is 6.33 Å². The molecule has 10 rings (SSSR count). The summed E-state index contributed by atoms with van der Waals surface area (Å²) in [4.78, 5) is 8.73. The highest BCUT2D eigenvalue weighted by Crippen LogP contribution is 2.41. The van der Waals surface area contributed by atoms with Crippen molar-refractivity contribution in [3.63, 3.8) is 0 Å². The fraction of sp³-hybridized carbons (Fsp3) is 0. The van der Waals surface area contributed by atoms with E-state index in [4.69, 9.17) is 36.6 Å². The topological polar surface area (TPSA) is 65.2 Å². The Labute approximate surface area is 281 Å². The zero-order valence-electron chi connectivity index (χ0n) is 40.4. The maximum Gasteiger partial charge on any atom is 0.180 e. The van der Waals surface area contributed by atoms with E-state index in [1.807, 2.05) is 0 Å². The first kappa shape index (κ1) is 12.8. The van der Waals surface area contributed by atoms with E-state index in [0.29, 0.717) is 0 Å². The van der Waals surface area contributed by atoms with Crippen molar-refractivity contribution < 1.29 is 37.9 Å². The second kappa shape index (κ2) is 9.15. The normalized spacial score (nSPS) is 17.6. The van der Waals surface area contributed by atoms with Crippen LogP contribution in [-0.2, 0) is 0 Å². The summed E-state index contributed by atoms with van der Waals surface area (Å²) < 4.78 is 174. The van der Waals surface area contributed by atoms with Gasteiger partial charge in [-0.15, -0.1) is 0 Å². The van der Waals surface area contributed by atoms with Gasteiger partial charge in [0.1, 0.15) is 45.5 Å². The number of benzene rings is 6. The highest BCUT2D eigenvalue weighted by molar-refractivity contribution is 6.12. The molecule has 4 heterocycles. The molecule has 10 aromatic rings. The predicted octanol–water partition coefficient (Wildman–Crippen LogP) is 11.2. The molecule has 5 heteroatoms. The molecule has 6 aromatic carbocycles. The first-order valence-electron chi connectivity index (χ1n) is 22.4. The van der Waals surface area contributed by atoms with Crippen LogP contribution in [-0.4, -0.2) is 9.97 Å². The Balaban J connectivity index is 1.23. The van der Waals surface area contributed by atoms with Crippen molar-refractivity contribution in [3.8, 4) is 33.5 Å². The summed E-state index contributed by atoms with van der Waals surface area (Å²) in [6, 6.07) is -6.33. The van der Waals surface area contributed by atoms with Crippen LogP contribution in [0.3, 0.4) is 0 Å². The van der Waals surface area contributed by atoms with E-state index >= 15 is 0 Å². The average Bonchev–Trinajstić information content (AvgIpc) is 3.98. The molecule has 0 N–H and O–H groups in total. The summed E-state index contributed by atoms with van der Waals surface area (Å²) in [7, 11) is 0. The van der Waals surface area contributed by atoms with Gasteiger partial charge in [0.05, 0.1) is 24.7 Å². The lowest BCUT2D eigenvalue weighted by molar-refractivity contribution is 0.666. The Bertz CT molecular complexity index is 3800. The molecule has 4 aromatic heterocycles. The molecule has 0 aliphatic heterocycles. The first-order valence-corrected chi connectivity index (χ1v) is 13.4. The number of hydrogen-bond donors (Lipinski definition) is 0. The molecule has 210 valence electrons. The lowest BCUT2D eigenvalue weighted by Gasteiger charge is -2.06. The molecule has 0 aliphatic carbocycles. The summed E-state index contributed by atoms with van der Waals surface area (Å²) in [5.41, 5.74) is -2.28. The van der Waals surface area contributed by atoms with Crippen molar-refractivity contribution in [2.75, 3.05) is 0 Å². The number of aromatic nitrogens is 2. The van der Waals surface area contributed by atoms with Crippen LogP contribution in [0.15, 0.2) is 147 Å². The average molecular weight is 597 g/mol. The van der Waals surface area contributed by atoms with Gasteiger partial charge < -0.3 is 13.3 Å². The minimum absolute atomic E-state index is 0.00969. The Morgan fingerprint density at radius 3 is 1.80 bits per heavy atom. The highest BCUT2D eigenvalue weighted by Gasteiger charge is 2.19. The minimum Gasteiger partial charge on any atom is -0.455 e. The molecule has 0 aliphatic rings. The van der Waals surface area contributed by atoms with E-state index in [2.05, 4.69) is 9.97 Å². The summed E-state index contributed by atoms with van der Waals surface area (Å²) in [6.07, 6.45) is 1.09. The third-order valence-corrected chi connectivity index (χ3v) is 7.52. The van der Waals surface area contributed by atoms with Crippen LogP contribution in [0, 0.1) is 0 Å². The molecule has 45 heavy (non-hydrogen) atoms. The van der Waals surface area contributed by atoms with E-state index in [1.54, 1.807) is 0 Å². The molecule has 0 spiro atoms. The molecule has 5 nitrogen and oxygen atoms in total. The van der Waals surface area contributed by atoms with Crippen LogP contribution in [0.1, 0.15) is 24.7 Å².